The predicted molar refractivity (Wildman–Crippen MR) is 69.2 cm³/mol. The van der Waals surface area contributed by atoms with E-state index in [1.165, 1.54) is 18.3 Å². The zero-order valence-electron chi connectivity index (χ0n) is 8.72. The summed E-state index contributed by atoms with van der Waals surface area (Å²) in [5, 5.41) is 4.62. The SMILES string of the molecule is NC(=S)N/N=C/c1ccc2cc(F)ccc2n1. The minimum absolute atomic E-state index is 0.0871. The fourth-order valence-electron chi connectivity index (χ4n) is 1.35. The van der Waals surface area contributed by atoms with E-state index in [-0.39, 0.29) is 10.9 Å². The third-order valence-electron chi connectivity index (χ3n) is 2.04. The van der Waals surface area contributed by atoms with Gasteiger partial charge in [-0.2, -0.15) is 5.10 Å². The Balaban J connectivity index is 2.29. The number of hydrazone groups is 1. The molecular formula is C11H9FN4S. The highest BCUT2D eigenvalue weighted by Crippen LogP contribution is 2.13. The van der Waals surface area contributed by atoms with Crippen LogP contribution in [0.1, 0.15) is 5.69 Å². The van der Waals surface area contributed by atoms with E-state index in [4.69, 9.17) is 5.73 Å². The number of hydrogen-bond donors (Lipinski definition) is 2. The number of halogens is 1. The lowest BCUT2D eigenvalue weighted by Gasteiger charge is -1.99. The Morgan fingerprint density at radius 1 is 1.41 bits per heavy atom. The predicted octanol–water partition coefficient (Wildman–Crippen LogP) is 1.54. The Morgan fingerprint density at radius 3 is 3.00 bits per heavy atom. The number of thiocarbonyl (C=S) groups is 1. The first kappa shape index (κ1) is 11.4. The van der Waals surface area contributed by atoms with E-state index in [9.17, 15) is 4.39 Å². The van der Waals surface area contributed by atoms with Crippen LogP contribution in [-0.4, -0.2) is 16.3 Å². The number of nitrogens with zero attached hydrogens (tertiary/aromatic N) is 2. The molecule has 0 atom stereocenters. The molecule has 1 aromatic carbocycles. The fourth-order valence-corrected chi connectivity index (χ4v) is 1.40. The van der Waals surface area contributed by atoms with Gasteiger partial charge in [-0.25, -0.2) is 9.37 Å². The van der Waals surface area contributed by atoms with Gasteiger partial charge in [0.15, 0.2) is 5.11 Å². The van der Waals surface area contributed by atoms with Crippen molar-refractivity contribution in [3.8, 4) is 0 Å². The molecule has 0 aliphatic rings. The Kier molecular flexibility index (Phi) is 3.24. The van der Waals surface area contributed by atoms with Crippen LogP contribution in [0.4, 0.5) is 4.39 Å². The van der Waals surface area contributed by atoms with Gasteiger partial charge in [0.1, 0.15) is 5.82 Å². The molecule has 0 aliphatic heterocycles. The molecule has 2 aromatic rings. The van der Waals surface area contributed by atoms with Crippen molar-refractivity contribution in [1.29, 1.82) is 0 Å². The number of nitrogens with one attached hydrogen (secondary N) is 1. The van der Waals surface area contributed by atoms with Crippen molar-refractivity contribution in [3.05, 3.63) is 41.8 Å². The highest BCUT2D eigenvalue weighted by atomic mass is 32.1. The zero-order chi connectivity index (χ0) is 12.3. The number of nitrogens with two attached hydrogens (primary N) is 1. The van der Waals surface area contributed by atoms with E-state index < -0.39 is 0 Å². The van der Waals surface area contributed by atoms with Crippen LogP contribution in [0.15, 0.2) is 35.4 Å². The molecule has 1 heterocycles. The van der Waals surface area contributed by atoms with Crippen LogP contribution in [0.5, 0.6) is 0 Å². The highest BCUT2D eigenvalue weighted by Gasteiger charge is 1.98. The summed E-state index contributed by atoms with van der Waals surface area (Å²) >= 11 is 4.59. The molecular weight excluding hydrogens is 239 g/mol. The molecule has 17 heavy (non-hydrogen) atoms. The van der Waals surface area contributed by atoms with Gasteiger partial charge in [0.25, 0.3) is 0 Å². The smallest absolute Gasteiger partial charge is 0.184 e. The Morgan fingerprint density at radius 2 is 2.24 bits per heavy atom. The summed E-state index contributed by atoms with van der Waals surface area (Å²) in [7, 11) is 0. The molecule has 0 fully saturated rings. The number of hydrogen-bond acceptors (Lipinski definition) is 3. The molecule has 0 bridgehead atoms. The van der Waals surface area contributed by atoms with Crippen LogP contribution >= 0.6 is 12.2 Å². The van der Waals surface area contributed by atoms with Crippen LogP contribution in [0.25, 0.3) is 10.9 Å². The molecule has 6 heteroatoms. The van der Waals surface area contributed by atoms with E-state index in [1.54, 1.807) is 18.2 Å². The van der Waals surface area contributed by atoms with Crippen molar-refractivity contribution in [1.82, 2.24) is 10.4 Å². The van der Waals surface area contributed by atoms with Crippen molar-refractivity contribution in [3.63, 3.8) is 0 Å². The molecule has 86 valence electrons. The van der Waals surface area contributed by atoms with Crippen molar-refractivity contribution in [2.45, 2.75) is 0 Å². The lowest BCUT2D eigenvalue weighted by molar-refractivity contribution is 0.629. The summed E-state index contributed by atoms with van der Waals surface area (Å²) in [4.78, 5) is 4.27. The molecule has 0 radical (unpaired) electrons. The third kappa shape index (κ3) is 2.94. The van der Waals surface area contributed by atoms with E-state index in [0.717, 1.165) is 5.39 Å². The van der Waals surface area contributed by atoms with Gasteiger partial charge in [0, 0.05) is 5.39 Å². The number of aromatic nitrogens is 1. The molecule has 0 amide bonds. The topological polar surface area (TPSA) is 63.3 Å². The van der Waals surface area contributed by atoms with Crippen LogP contribution < -0.4 is 11.2 Å². The Labute approximate surface area is 102 Å². The second-order valence-corrected chi connectivity index (χ2v) is 3.75. The number of fused-ring (bicyclic) bond motifs is 1. The average molecular weight is 248 g/mol. The third-order valence-corrected chi connectivity index (χ3v) is 2.14. The van der Waals surface area contributed by atoms with Gasteiger partial charge < -0.3 is 5.73 Å². The molecule has 0 saturated heterocycles. The first-order valence-corrected chi connectivity index (χ1v) is 5.21. The molecule has 0 spiro atoms. The summed E-state index contributed by atoms with van der Waals surface area (Å²) in [6.45, 7) is 0. The summed E-state index contributed by atoms with van der Waals surface area (Å²) in [6, 6.07) is 7.91. The van der Waals surface area contributed by atoms with Crippen molar-refractivity contribution in [2.24, 2.45) is 10.8 Å². The van der Waals surface area contributed by atoms with E-state index in [1.807, 2.05) is 0 Å². The highest BCUT2D eigenvalue weighted by molar-refractivity contribution is 7.80. The molecule has 0 saturated carbocycles. The van der Waals surface area contributed by atoms with Gasteiger partial charge in [-0.15, -0.1) is 0 Å². The standard InChI is InChI=1S/C11H9FN4S/c12-8-2-4-10-7(5-8)1-3-9(15-10)6-14-16-11(13)17/h1-6H,(H3,13,16,17)/b14-6+. The lowest BCUT2D eigenvalue weighted by atomic mass is 10.2. The number of benzene rings is 1. The Hall–Kier alpha value is -2.08. The van der Waals surface area contributed by atoms with Crippen molar-refractivity contribution in [2.75, 3.05) is 0 Å². The van der Waals surface area contributed by atoms with Crippen molar-refractivity contribution >= 4 is 34.4 Å². The van der Waals surface area contributed by atoms with Crippen molar-refractivity contribution < 1.29 is 4.39 Å². The summed E-state index contributed by atoms with van der Waals surface area (Å²) in [6.07, 6.45) is 1.49. The normalized spacial score (nSPS) is 10.9. The minimum atomic E-state index is -0.282. The molecule has 0 aliphatic carbocycles. The maximum atomic E-state index is 12.9. The average Bonchev–Trinajstić information content (AvgIpc) is 2.29. The monoisotopic (exact) mass is 248 g/mol. The maximum absolute atomic E-state index is 12.9. The first-order valence-electron chi connectivity index (χ1n) is 4.80. The second-order valence-electron chi connectivity index (χ2n) is 3.31. The van der Waals surface area contributed by atoms with Gasteiger partial charge in [0.2, 0.25) is 0 Å². The van der Waals surface area contributed by atoms with Gasteiger partial charge >= 0.3 is 0 Å². The van der Waals surface area contributed by atoms with Gasteiger partial charge in [-0.3, -0.25) is 5.43 Å². The maximum Gasteiger partial charge on any atom is 0.184 e. The fraction of sp³-hybridized carbons (Fsp3) is 0. The van der Waals surface area contributed by atoms with Crippen LogP contribution in [0.3, 0.4) is 0 Å². The van der Waals surface area contributed by atoms with E-state index in [2.05, 4.69) is 27.7 Å². The van der Waals surface area contributed by atoms with E-state index >= 15 is 0 Å². The summed E-state index contributed by atoms with van der Waals surface area (Å²) in [5.41, 5.74) is 8.97. The van der Waals surface area contributed by atoms with Crippen LogP contribution in [0, 0.1) is 5.82 Å². The van der Waals surface area contributed by atoms with Gasteiger partial charge in [-0.1, -0.05) is 6.07 Å². The molecule has 1 aromatic heterocycles. The molecule has 2 rings (SSSR count). The lowest BCUT2D eigenvalue weighted by Crippen LogP contribution is -2.24. The summed E-state index contributed by atoms with van der Waals surface area (Å²) in [5.74, 6) is -0.282. The molecule has 4 nitrogen and oxygen atoms in total. The summed E-state index contributed by atoms with van der Waals surface area (Å²) < 4.78 is 12.9. The minimum Gasteiger partial charge on any atom is -0.375 e. The quantitative estimate of drug-likeness (QED) is 0.481. The van der Waals surface area contributed by atoms with Crippen LogP contribution in [0.2, 0.25) is 0 Å². The largest absolute Gasteiger partial charge is 0.375 e. The Bertz CT molecular complexity index is 597. The second kappa shape index (κ2) is 4.84. The first-order chi connectivity index (χ1) is 8.15. The zero-order valence-corrected chi connectivity index (χ0v) is 9.54. The van der Waals surface area contributed by atoms with Gasteiger partial charge in [0.05, 0.1) is 17.4 Å². The number of rotatable bonds is 2. The molecule has 3 N–H and O–H groups in total. The number of pyridine rings is 1. The van der Waals surface area contributed by atoms with Crippen LogP contribution in [-0.2, 0) is 0 Å². The van der Waals surface area contributed by atoms with E-state index in [0.29, 0.717) is 11.2 Å². The van der Waals surface area contributed by atoms with Gasteiger partial charge in [-0.05, 0) is 36.5 Å². The molecule has 0 unspecified atom stereocenters.